The molecule has 4 nitrogen and oxygen atoms in total. The van der Waals surface area contributed by atoms with Crippen LogP contribution in [-0.4, -0.2) is 49.6 Å². The summed E-state index contributed by atoms with van der Waals surface area (Å²) in [6, 6.07) is 0.683. The van der Waals surface area contributed by atoms with Crippen LogP contribution in [0.3, 0.4) is 0 Å². The molecule has 5 heteroatoms. The van der Waals surface area contributed by atoms with Crippen LogP contribution in [0.15, 0.2) is 4.99 Å². The monoisotopic (exact) mass is 366 g/mol. The number of nitrogens with zero attached hydrogens (tertiary/aromatic N) is 2. The zero-order chi connectivity index (χ0) is 12.1. The molecular weight excluding hydrogens is 339 g/mol. The summed E-state index contributed by atoms with van der Waals surface area (Å²) in [5.41, 5.74) is 0. The molecule has 2 rings (SSSR count). The molecule has 0 aromatic carbocycles. The summed E-state index contributed by atoms with van der Waals surface area (Å²) in [6.07, 6.45) is 3.85. The molecule has 2 N–H and O–H groups in total. The highest BCUT2D eigenvalue weighted by molar-refractivity contribution is 14.0. The largest absolute Gasteiger partial charge is 0.356 e. The molecule has 0 radical (unpaired) electrons. The van der Waals surface area contributed by atoms with Crippen molar-refractivity contribution in [3.05, 3.63) is 0 Å². The van der Waals surface area contributed by atoms with E-state index in [1.165, 1.54) is 25.9 Å². The van der Waals surface area contributed by atoms with Crippen LogP contribution in [0.4, 0.5) is 0 Å². The molecule has 2 aliphatic rings. The summed E-state index contributed by atoms with van der Waals surface area (Å²) in [4.78, 5) is 7.04. The number of hydrogen-bond donors (Lipinski definition) is 2. The molecule has 1 atom stereocenters. The Bertz CT molecular complexity index is 268. The molecule has 1 saturated heterocycles. The second kappa shape index (κ2) is 8.19. The van der Waals surface area contributed by atoms with Crippen molar-refractivity contribution in [2.45, 2.75) is 39.2 Å². The maximum absolute atomic E-state index is 4.45. The van der Waals surface area contributed by atoms with Gasteiger partial charge in [-0.1, -0.05) is 0 Å². The van der Waals surface area contributed by atoms with Gasteiger partial charge >= 0.3 is 0 Å². The van der Waals surface area contributed by atoms with Crippen LogP contribution in [-0.2, 0) is 0 Å². The fourth-order valence-corrected chi connectivity index (χ4v) is 2.62. The first kappa shape index (κ1) is 16.0. The van der Waals surface area contributed by atoms with E-state index in [1.54, 1.807) is 0 Å². The number of guanidine groups is 1. The lowest BCUT2D eigenvalue weighted by molar-refractivity contribution is 0.141. The van der Waals surface area contributed by atoms with E-state index < -0.39 is 0 Å². The van der Waals surface area contributed by atoms with E-state index in [1.807, 2.05) is 0 Å². The lowest BCUT2D eigenvalue weighted by Gasteiger charge is -2.35. The van der Waals surface area contributed by atoms with Gasteiger partial charge in [-0.05, 0) is 45.6 Å². The minimum atomic E-state index is 0. The summed E-state index contributed by atoms with van der Waals surface area (Å²) < 4.78 is 0. The number of hydrogen-bond acceptors (Lipinski definition) is 4. The van der Waals surface area contributed by atoms with Gasteiger partial charge in [-0.2, -0.15) is 0 Å². The van der Waals surface area contributed by atoms with Crippen LogP contribution >= 0.6 is 24.0 Å². The van der Waals surface area contributed by atoms with Crippen LogP contribution < -0.4 is 10.6 Å². The van der Waals surface area contributed by atoms with Gasteiger partial charge in [0.15, 0.2) is 5.96 Å². The van der Waals surface area contributed by atoms with Crippen molar-refractivity contribution in [1.82, 2.24) is 15.5 Å². The van der Waals surface area contributed by atoms with Gasteiger partial charge in [-0.25, -0.2) is 0 Å². The molecular formula is C13H27IN4. The van der Waals surface area contributed by atoms with Crippen LogP contribution in [0, 0.1) is 5.92 Å². The number of nitrogens with one attached hydrogen (secondary N) is 2. The van der Waals surface area contributed by atoms with Crippen LogP contribution in [0.5, 0.6) is 0 Å². The first-order valence-electron chi connectivity index (χ1n) is 7.02. The average molecular weight is 366 g/mol. The van der Waals surface area contributed by atoms with Gasteiger partial charge in [0.1, 0.15) is 0 Å². The minimum Gasteiger partial charge on any atom is -0.356 e. The van der Waals surface area contributed by atoms with E-state index in [0.717, 1.165) is 37.9 Å². The fraction of sp³-hybridized carbons (Fsp3) is 0.923. The quantitative estimate of drug-likeness (QED) is 0.747. The number of aliphatic imine (C=N–C) groups is 1. The molecule has 0 spiro atoms. The predicted octanol–water partition coefficient (Wildman–Crippen LogP) is 1.66. The molecule has 0 saturated carbocycles. The van der Waals surface area contributed by atoms with E-state index in [-0.39, 0.29) is 24.0 Å². The van der Waals surface area contributed by atoms with Crippen LogP contribution in [0.1, 0.15) is 33.1 Å². The van der Waals surface area contributed by atoms with Gasteiger partial charge in [-0.3, -0.25) is 4.99 Å². The van der Waals surface area contributed by atoms with Crippen molar-refractivity contribution in [2.24, 2.45) is 10.9 Å². The summed E-state index contributed by atoms with van der Waals surface area (Å²) in [6.45, 7) is 10.2. The first-order chi connectivity index (χ1) is 8.25. The van der Waals surface area contributed by atoms with E-state index >= 15 is 0 Å². The average Bonchev–Trinajstić information content (AvgIpc) is 2.38. The molecule has 106 valence electrons. The van der Waals surface area contributed by atoms with E-state index in [9.17, 15) is 0 Å². The third kappa shape index (κ3) is 4.91. The Hall–Kier alpha value is -0.0400. The maximum atomic E-state index is 4.45. The van der Waals surface area contributed by atoms with Crippen molar-refractivity contribution in [2.75, 3.05) is 32.7 Å². The third-order valence-corrected chi connectivity index (χ3v) is 3.74. The molecule has 0 bridgehead atoms. The van der Waals surface area contributed by atoms with Crippen molar-refractivity contribution < 1.29 is 0 Å². The Morgan fingerprint density at radius 3 is 2.94 bits per heavy atom. The molecule has 0 amide bonds. The molecule has 1 unspecified atom stereocenters. The number of halogens is 1. The predicted molar refractivity (Wildman–Crippen MR) is 87.8 cm³/mol. The highest BCUT2D eigenvalue weighted by atomic mass is 127. The number of rotatable bonds is 3. The van der Waals surface area contributed by atoms with Gasteiger partial charge in [0.2, 0.25) is 0 Å². The Morgan fingerprint density at radius 1 is 1.44 bits per heavy atom. The molecule has 0 aromatic heterocycles. The Kier molecular flexibility index (Phi) is 7.29. The van der Waals surface area contributed by atoms with Gasteiger partial charge < -0.3 is 15.5 Å². The standard InChI is InChI=1S/C13H26N4.HI/c1-11(2)17-8-3-5-12(10-17)9-16-13-14-6-4-7-15-13;/h11-12H,3-10H2,1-2H3,(H2,14,15,16);1H. The Labute approximate surface area is 128 Å². The lowest BCUT2D eigenvalue weighted by Crippen LogP contribution is -2.47. The summed E-state index contributed by atoms with van der Waals surface area (Å²) in [5, 5.41) is 6.78. The topological polar surface area (TPSA) is 39.7 Å². The highest BCUT2D eigenvalue weighted by Gasteiger charge is 2.21. The van der Waals surface area contributed by atoms with E-state index in [2.05, 4.69) is 34.4 Å². The lowest BCUT2D eigenvalue weighted by atomic mass is 9.97. The van der Waals surface area contributed by atoms with Crippen molar-refractivity contribution in [1.29, 1.82) is 0 Å². The maximum Gasteiger partial charge on any atom is 0.191 e. The number of likely N-dealkylation sites (tertiary alicyclic amines) is 1. The summed E-state index contributed by atoms with van der Waals surface area (Å²) >= 11 is 0. The fourth-order valence-electron chi connectivity index (χ4n) is 2.62. The molecule has 2 heterocycles. The molecule has 1 fully saturated rings. The van der Waals surface area contributed by atoms with Crippen LogP contribution in [0.2, 0.25) is 0 Å². The normalized spacial score (nSPS) is 25.1. The van der Waals surface area contributed by atoms with E-state index in [0.29, 0.717) is 6.04 Å². The van der Waals surface area contributed by atoms with Gasteiger partial charge in [0, 0.05) is 32.2 Å². The zero-order valence-corrected chi connectivity index (χ0v) is 13.9. The van der Waals surface area contributed by atoms with Crippen molar-refractivity contribution in [3.63, 3.8) is 0 Å². The minimum absolute atomic E-state index is 0. The van der Waals surface area contributed by atoms with E-state index in [4.69, 9.17) is 0 Å². The third-order valence-electron chi connectivity index (χ3n) is 3.74. The Balaban J connectivity index is 0.00000162. The molecule has 2 aliphatic heterocycles. The number of piperidine rings is 1. The van der Waals surface area contributed by atoms with Gasteiger partial charge in [0.25, 0.3) is 0 Å². The van der Waals surface area contributed by atoms with Crippen molar-refractivity contribution >= 4 is 29.9 Å². The second-order valence-corrected chi connectivity index (χ2v) is 5.49. The zero-order valence-electron chi connectivity index (χ0n) is 11.6. The van der Waals surface area contributed by atoms with Gasteiger partial charge in [0.05, 0.1) is 0 Å². The van der Waals surface area contributed by atoms with Crippen molar-refractivity contribution in [3.8, 4) is 0 Å². The second-order valence-electron chi connectivity index (χ2n) is 5.49. The molecule has 0 aromatic rings. The Morgan fingerprint density at radius 2 is 2.28 bits per heavy atom. The summed E-state index contributed by atoms with van der Waals surface area (Å²) in [7, 11) is 0. The molecule has 0 aliphatic carbocycles. The van der Waals surface area contributed by atoms with Crippen LogP contribution in [0.25, 0.3) is 0 Å². The van der Waals surface area contributed by atoms with Gasteiger partial charge in [-0.15, -0.1) is 24.0 Å². The molecule has 18 heavy (non-hydrogen) atoms. The first-order valence-corrected chi connectivity index (χ1v) is 7.02. The highest BCUT2D eigenvalue weighted by Crippen LogP contribution is 2.17. The smallest absolute Gasteiger partial charge is 0.191 e. The summed E-state index contributed by atoms with van der Waals surface area (Å²) in [5.74, 6) is 1.79. The SMILES string of the molecule is CC(C)N1CCCC(CNC2=NCCCN2)C1.I.